The van der Waals surface area contributed by atoms with Gasteiger partial charge in [-0.3, -0.25) is 0 Å². The first kappa shape index (κ1) is 16.3. The van der Waals surface area contributed by atoms with Crippen LogP contribution < -0.4 is 5.32 Å². The quantitative estimate of drug-likeness (QED) is 0.787. The molecule has 3 unspecified atom stereocenters. The van der Waals surface area contributed by atoms with Gasteiger partial charge in [0.2, 0.25) is 0 Å². The van der Waals surface area contributed by atoms with Gasteiger partial charge < -0.3 is 15.2 Å². The van der Waals surface area contributed by atoms with Crippen molar-refractivity contribution >= 4 is 0 Å². The maximum atomic E-state index is 10.1. The van der Waals surface area contributed by atoms with E-state index in [0.29, 0.717) is 36.1 Å². The van der Waals surface area contributed by atoms with Gasteiger partial charge in [0.15, 0.2) is 0 Å². The van der Waals surface area contributed by atoms with Gasteiger partial charge in [-0.25, -0.2) is 0 Å². The fourth-order valence-electron chi connectivity index (χ4n) is 3.80. The summed E-state index contributed by atoms with van der Waals surface area (Å²) >= 11 is 0. The Kier molecular flexibility index (Phi) is 4.83. The van der Waals surface area contributed by atoms with Gasteiger partial charge in [-0.15, -0.1) is 0 Å². The molecule has 0 amide bonds. The Morgan fingerprint density at radius 1 is 1.20 bits per heavy atom. The van der Waals surface area contributed by atoms with Crippen molar-refractivity contribution in [2.24, 2.45) is 16.7 Å². The van der Waals surface area contributed by atoms with Crippen LogP contribution in [0.2, 0.25) is 0 Å². The minimum Gasteiger partial charge on any atom is -0.389 e. The van der Waals surface area contributed by atoms with Gasteiger partial charge >= 0.3 is 0 Å². The third kappa shape index (κ3) is 3.37. The second kappa shape index (κ2) is 5.94. The molecule has 118 valence electrons. The molecule has 0 bridgehead atoms. The second-order valence-electron chi connectivity index (χ2n) is 8.17. The van der Waals surface area contributed by atoms with Crippen LogP contribution in [0.5, 0.6) is 0 Å². The Morgan fingerprint density at radius 3 is 2.40 bits per heavy atom. The fraction of sp³-hybridized carbons (Fsp3) is 1.00. The highest BCUT2D eigenvalue weighted by molar-refractivity contribution is 5.17. The predicted molar refractivity (Wildman–Crippen MR) is 82.7 cm³/mol. The Labute approximate surface area is 124 Å². The Balaban J connectivity index is 1.63. The summed E-state index contributed by atoms with van der Waals surface area (Å²) in [7, 11) is 0. The van der Waals surface area contributed by atoms with E-state index in [9.17, 15) is 5.11 Å². The summed E-state index contributed by atoms with van der Waals surface area (Å²) < 4.78 is 5.88. The normalized spacial score (nSPS) is 33.9. The molecule has 2 rings (SSSR count). The molecule has 0 heterocycles. The van der Waals surface area contributed by atoms with Crippen molar-refractivity contribution in [2.75, 3.05) is 13.2 Å². The number of nitrogens with one attached hydrogen (secondary N) is 1. The van der Waals surface area contributed by atoms with Crippen LogP contribution in [0.3, 0.4) is 0 Å². The molecule has 2 saturated carbocycles. The van der Waals surface area contributed by atoms with Crippen molar-refractivity contribution in [3.8, 4) is 0 Å². The van der Waals surface area contributed by atoms with Gasteiger partial charge in [0, 0.05) is 12.6 Å². The van der Waals surface area contributed by atoms with Crippen molar-refractivity contribution < 1.29 is 9.84 Å². The summed E-state index contributed by atoms with van der Waals surface area (Å²) in [6, 6.07) is 0.499. The molecule has 3 heteroatoms. The minimum absolute atomic E-state index is 0.326. The van der Waals surface area contributed by atoms with E-state index >= 15 is 0 Å². The molecule has 0 aromatic rings. The number of hydrogen-bond acceptors (Lipinski definition) is 3. The maximum Gasteiger partial charge on any atom is 0.0897 e. The first-order valence-corrected chi connectivity index (χ1v) is 8.28. The number of aliphatic hydroxyl groups is 1. The molecule has 0 radical (unpaired) electrons. The Bertz CT molecular complexity index is 313. The summed E-state index contributed by atoms with van der Waals surface area (Å²) in [5.41, 5.74) is 0.652. The van der Waals surface area contributed by atoms with E-state index in [2.05, 4.69) is 39.9 Å². The largest absolute Gasteiger partial charge is 0.389 e. The molecule has 0 spiro atoms. The lowest BCUT2D eigenvalue weighted by atomic mass is 9.89. The van der Waals surface area contributed by atoms with Gasteiger partial charge in [0.05, 0.1) is 18.8 Å². The SMILES string of the molecule is CC1CCCC(OCC(O)CNC2C(C)(C)C2(C)C)C1. The summed E-state index contributed by atoms with van der Waals surface area (Å²) in [6.07, 6.45) is 4.89. The lowest BCUT2D eigenvalue weighted by Crippen LogP contribution is -2.35. The highest BCUT2D eigenvalue weighted by Crippen LogP contribution is 2.62. The fourth-order valence-corrected chi connectivity index (χ4v) is 3.80. The molecular weight excluding hydrogens is 250 g/mol. The van der Waals surface area contributed by atoms with Crippen LogP contribution in [0.25, 0.3) is 0 Å². The van der Waals surface area contributed by atoms with E-state index in [1.165, 1.54) is 12.8 Å². The molecule has 2 aliphatic rings. The molecule has 0 saturated heterocycles. The molecule has 2 aliphatic carbocycles. The van der Waals surface area contributed by atoms with Crippen LogP contribution in [0, 0.1) is 16.7 Å². The number of rotatable bonds is 6. The highest BCUT2D eigenvalue weighted by Gasteiger charge is 2.64. The zero-order valence-electron chi connectivity index (χ0n) is 13.9. The third-order valence-corrected chi connectivity index (χ3v) is 5.99. The van der Waals surface area contributed by atoms with E-state index in [1.807, 2.05) is 0 Å². The number of ether oxygens (including phenoxy) is 1. The standard InChI is InChI=1S/C17H33NO2/c1-12-7-6-8-14(9-12)20-11-13(19)10-18-15-16(2,3)17(15,4)5/h12-15,18-19H,6-11H2,1-5H3. The summed E-state index contributed by atoms with van der Waals surface area (Å²) in [5, 5.41) is 13.6. The van der Waals surface area contributed by atoms with Crippen LogP contribution in [0.1, 0.15) is 60.3 Å². The van der Waals surface area contributed by atoms with Crippen LogP contribution in [0.15, 0.2) is 0 Å². The van der Waals surface area contributed by atoms with Crippen LogP contribution in [-0.2, 0) is 4.74 Å². The smallest absolute Gasteiger partial charge is 0.0897 e. The van der Waals surface area contributed by atoms with Gasteiger partial charge in [0.25, 0.3) is 0 Å². The highest BCUT2D eigenvalue weighted by atomic mass is 16.5. The third-order valence-electron chi connectivity index (χ3n) is 5.99. The lowest BCUT2D eigenvalue weighted by Gasteiger charge is -2.27. The molecule has 3 nitrogen and oxygen atoms in total. The van der Waals surface area contributed by atoms with E-state index in [-0.39, 0.29) is 6.10 Å². The monoisotopic (exact) mass is 283 g/mol. The zero-order valence-corrected chi connectivity index (χ0v) is 13.9. The van der Waals surface area contributed by atoms with Crippen LogP contribution >= 0.6 is 0 Å². The Morgan fingerprint density at radius 2 is 1.85 bits per heavy atom. The Hall–Kier alpha value is -0.120. The summed E-state index contributed by atoms with van der Waals surface area (Å²) in [6.45, 7) is 12.6. The predicted octanol–water partition coefficient (Wildman–Crippen LogP) is 2.97. The van der Waals surface area contributed by atoms with Crippen molar-refractivity contribution in [1.82, 2.24) is 5.32 Å². The maximum absolute atomic E-state index is 10.1. The van der Waals surface area contributed by atoms with Crippen molar-refractivity contribution in [3.63, 3.8) is 0 Å². The topological polar surface area (TPSA) is 41.5 Å². The van der Waals surface area contributed by atoms with Crippen molar-refractivity contribution in [2.45, 2.75) is 78.6 Å². The van der Waals surface area contributed by atoms with Crippen molar-refractivity contribution in [1.29, 1.82) is 0 Å². The molecule has 0 aromatic heterocycles. The number of hydrogen-bond donors (Lipinski definition) is 2. The van der Waals surface area contributed by atoms with Crippen molar-refractivity contribution in [3.05, 3.63) is 0 Å². The molecule has 20 heavy (non-hydrogen) atoms. The molecule has 0 aromatic carbocycles. The average Bonchev–Trinajstić information content (AvgIpc) is 2.75. The molecule has 2 N–H and O–H groups in total. The molecule has 0 aliphatic heterocycles. The first-order chi connectivity index (χ1) is 9.25. The van der Waals surface area contributed by atoms with Gasteiger partial charge in [0.1, 0.15) is 0 Å². The lowest BCUT2D eigenvalue weighted by molar-refractivity contribution is -0.0309. The van der Waals surface area contributed by atoms with E-state index in [1.54, 1.807) is 0 Å². The van der Waals surface area contributed by atoms with E-state index < -0.39 is 0 Å². The number of aliphatic hydroxyl groups excluding tert-OH is 1. The van der Waals surface area contributed by atoms with E-state index in [4.69, 9.17) is 4.74 Å². The van der Waals surface area contributed by atoms with Crippen LogP contribution in [-0.4, -0.2) is 36.5 Å². The van der Waals surface area contributed by atoms with E-state index in [0.717, 1.165) is 18.8 Å². The minimum atomic E-state index is -0.389. The van der Waals surface area contributed by atoms with Gasteiger partial charge in [-0.1, -0.05) is 47.5 Å². The molecule has 3 atom stereocenters. The van der Waals surface area contributed by atoms with Gasteiger partial charge in [-0.05, 0) is 29.6 Å². The zero-order chi connectivity index (χ0) is 15.0. The van der Waals surface area contributed by atoms with Gasteiger partial charge in [-0.2, -0.15) is 0 Å². The molecule has 2 fully saturated rings. The summed E-state index contributed by atoms with van der Waals surface area (Å²) in [4.78, 5) is 0. The van der Waals surface area contributed by atoms with Crippen LogP contribution in [0.4, 0.5) is 0 Å². The second-order valence-corrected chi connectivity index (χ2v) is 8.17. The summed E-state index contributed by atoms with van der Waals surface area (Å²) in [5.74, 6) is 0.775. The average molecular weight is 283 g/mol. The first-order valence-electron chi connectivity index (χ1n) is 8.28. The molecular formula is C17H33NO2.